The number of carboxylic acid groups (broad SMARTS) is 1. The highest BCUT2D eigenvalue weighted by molar-refractivity contribution is 5.85. The number of hydrogen-bond acceptors (Lipinski definition) is 5. The molecule has 2 heterocycles. The van der Waals surface area contributed by atoms with Gasteiger partial charge in [0.25, 0.3) is 0 Å². The van der Waals surface area contributed by atoms with Crippen LogP contribution in [0.25, 0.3) is 0 Å². The molecule has 1 atom stereocenters. The van der Waals surface area contributed by atoms with Crippen LogP contribution in [-0.2, 0) is 4.74 Å². The molecule has 0 radical (unpaired) electrons. The van der Waals surface area contributed by atoms with Crippen LogP contribution >= 0.6 is 0 Å². The van der Waals surface area contributed by atoms with E-state index in [9.17, 15) is 14.7 Å². The Balaban J connectivity index is 2.12. The summed E-state index contributed by atoms with van der Waals surface area (Å²) in [6.45, 7) is 10.2. The molecule has 1 aliphatic heterocycles. The molecule has 0 aromatic carbocycles. The lowest BCUT2D eigenvalue weighted by molar-refractivity contribution is 0.0291. The summed E-state index contributed by atoms with van der Waals surface area (Å²) in [5.41, 5.74) is -0.0948. The lowest BCUT2D eigenvalue weighted by atomic mass is 10.1. The molecule has 1 aromatic rings. The number of carbonyl (C=O) groups excluding carboxylic acids is 1. The molecule has 23 heavy (non-hydrogen) atoms. The Labute approximate surface area is 135 Å². The minimum atomic E-state index is -1.12. The van der Waals surface area contributed by atoms with E-state index >= 15 is 0 Å². The van der Waals surface area contributed by atoms with Crippen molar-refractivity contribution in [2.45, 2.75) is 58.5 Å². The monoisotopic (exact) mass is 324 g/mol. The van der Waals surface area contributed by atoms with Gasteiger partial charge < -0.3 is 19.2 Å². The number of likely N-dealkylation sites (tertiary alicyclic amines) is 1. The highest BCUT2D eigenvalue weighted by Gasteiger charge is 2.34. The summed E-state index contributed by atoms with van der Waals surface area (Å²) in [6, 6.07) is 0. The van der Waals surface area contributed by atoms with E-state index in [-0.39, 0.29) is 23.7 Å². The van der Waals surface area contributed by atoms with Crippen LogP contribution in [0.1, 0.15) is 75.0 Å². The van der Waals surface area contributed by atoms with E-state index in [0.717, 1.165) is 0 Å². The third-order valence-corrected chi connectivity index (χ3v) is 3.60. The molecular formula is C16H24N2O5. The molecule has 128 valence electrons. The van der Waals surface area contributed by atoms with Crippen LogP contribution in [0.15, 0.2) is 4.42 Å². The van der Waals surface area contributed by atoms with E-state index in [1.807, 2.05) is 34.6 Å². The van der Waals surface area contributed by atoms with E-state index in [4.69, 9.17) is 9.15 Å². The van der Waals surface area contributed by atoms with Crippen LogP contribution in [0, 0.1) is 0 Å². The van der Waals surface area contributed by atoms with Gasteiger partial charge in [0.05, 0.1) is 11.6 Å². The zero-order valence-electron chi connectivity index (χ0n) is 14.3. The van der Waals surface area contributed by atoms with Gasteiger partial charge in [0.1, 0.15) is 5.60 Å². The molecule has 7 nitrogen and oxygen atoms in total. The molecule has 1 amide bonds. The van der Waals surface area contributed by atoms with Gasteiger partial charge in [-0.2, -0.15) is 0 Å². The third kappa shape index (κ3) is 4.03. The van der Waals surface area contributed by atoms with Gasteiger partial charge in [0.15, 0.2) is 0 Å². The Hall–Kier alpha value is -2.05. The number of amides is 1. The molecular weight excluding hydrogens is 300 g/mol. The van der Waals surface area contributed by atoms with Gasteiger partial charge in [-0.15, -0.1) is 0 Å². The first-order chi connectivity index (χ1) is 10.6. The summed E-state index contributed by atoms with van der Waals surface area (Å²) in [7, 11) is 0. The summed E-state index contributed by atoms with van der Waals surface area (Å²) >= 11 is 0. The summed E-state index contributed by atoms with van der Waals surface area (Å²) in [4.78, 5) is 29.3. The third-order valence-electron chi connectivity index (χ3n) is 3.60. The molecule has 7 heteroatoms. The minimum Gasteiger partial charge on any atom is -0.475 e. The highest BCUT2D eigenvalue weighted by atomic mass is 16.6. The topological polar surface area (TPSA) is 92.9 Å². The smallest absolute Gasteiger partial charge is 0.410 e. The molecule has 2 rings (SSSR count). The van der Waals surface area contributed by atoms with E-state index in [1.165, 1.54) is 0 Å². The van der Waals surface area contributed by atoms with E-state index in [0.29, 0.717) is 31.1 Å². The van der Waals surface area contributed by atoms with Crippen LogP contribution in [0.4, 0.5) is 4.79 Å². The van der Waals surface area contributed by atoms with Crippen molar-refractivity contribution in [2.75, 3.05) is 13.1 Å². The second-order valence-corrected chi connectivity index (χ2v) is 7.14. The molecule has 1 fully saturated rings. The number of rotatable bonds is 3. The first kappa shape index (κ1) is 17.3. The Morgan fingerprint density at radius 2 is 2.04 bits per heavy atom. The first-order valence-corrected chi connectivity index (χ1v) is 7.80. The normalized spacial score (nSPS) is 18.5. The Bertz CT molecular complexity index is 600. The van der Waals surface area contributed by atoms with Crippen molar-refractivity contribution < 1.29 is 23.8 Å². The number of carboxylic acids is 1. The van der Waals surface area contributed by atoms with Gasteiger partial charge in [-0.1, -0.05) is 13.8 Å². The lowest BCUT2D eigenvalue weighted by Gasteiger charge is -2.24. The van der Waals surface area contributed by atoms with Gasteiger partial charge >= 0.3 is 12.1 Å². The van der Waals surface area contributed by atoms with Gasteiger partial charge in [-0.25, -0.2) is 14.6 Å². The number of carbonyl (C=O) groups is 2. The average molecular weight is 324 g/mol. The molecule has 0 unspecified atom stereocenters. The Kier molecular flexibility index (Phi) is 4.68. The maximum atomic E-state index is 12.1. The summed E-state index contributed by atoms with van der Waals surface area (Å²) in [5, 5.41) is 9.22. The number of oxazole rings is 1. The van der Waals surface area contributed by atoms with Crippen LogP contribution < -0.4 is 0 Å². The van der Waals surface area contributed by atoms with E-state index in [1.54, 1.807) is 4.90 Å². The van der Waals surface area contributed by atoms with Gasteiger partial charge in [-0.05, 0) is 33.1 Å². The van der Waals surface area contributed by atoms with Crippen LogP contribution in [0.5, 0.6) is 0 Å². The summed E-state index contributed by atoms with van der Waals surface area (Å²) in [5.74, 6) is -0.979. The van der Waals surface area contributed by atoms with Crippen molar-refractivity contribution in [1.29, 1.82) is 0 Å². The van der Waals surface area contributed by atoms with Crippen molar-refractivity contribution in [3.05, 3.63) is 17.3 Å². The molecule has 1 aliphatic rings. The maximum absolute atomic E-state index is 12.1. The van der Waals surface area contributed by atoms with Crippen LogP contribution in [-0.4, -0.2) is 45.7 Å². The molecule has 0 aliphatic carbocycles. The maximum Gasteiger partial charge on any atom is 0.410 e. The fourth-order valence-corrected chi connectivity index (χ4v) is 2.52. The standard InChI is InChI=1S/C16H24N2O5/c1-9(2)11-12(14(19)20)22-13(17-11)10-6-7-18(8-10)15(21)23-16(3,4)5/h9-10H,6-8H2,1-5H3,(H,19,20)/t10-/m0/s1. The van der Waals surface area contributed by atoms with E-state index in [2.05, 4.69) is 4.98 Å². The van der Waals surface area contributed by atoms with Gasteiger partial charge in [0, 0.05) is 13.1 Å². The number of aromatic carboxylic acids is 1. The predicted molar refractivity (Wildman–Crippen MR) is 82.7 cm³/mol. The number of ether oxygens (including phenoxy) is 1. The van der Waals surface area contributed by atoms with Gasteiger partial charge in [-0.3, -0.25) is 0 Å². The summed E-state index contributed by atoms with van der Waals surface area (Å²) < 4.78 is 10.8. The first-order valence-electron chi connectivity index (χ1n) is 7.80. The fraction of sp³-hybridized carbons (Fsp3) is 0.688. The quantitative estimate of drug-likeness (QED) is 0.917. The molecule has 0 saturated carbocycles. The van der Waals surface area contributed by atoms with Crippen molar-refractivity contribution in [1.82, 2.24) is 9.88 Å². The zero-order valence-corrected chi connectivity index (χ0v) is 14.3. The SMILES string of the molecule is CC(C)c1nc([C@H]2CCN(C(=O)OC(C)(C)C)C2)oc1C(=O)O. The average Bonchev–Trinajstić information content (AvgIpc) is 3.03. The largest absolute Gasteiger partial charge is 0.475 e. The van der Waals surface area contributed by atoms with Crippen molar-refractivity contribution >= 4 is 12.1 Å². The number of hydrogen-bond donors (Lipinski definition) is 1. The fourth-order valence-electron chi connectivity index (χ4n) is 2.52. The second-order valence-electron chi connectivity index (χ2n) is 7.14. The molecule has 0 spiro atoms. The lowest BCUT2D eigenvalue weighted by Crippen LogP contribution is -2.35. The van der Waals surface area contributed by atoms with Crippen LogP contribution in [0.3, 0.4) is 0 Å². The molecule has 0 bridgehead atoms. The number of nitrogens with zero attached hydrogens (tertiary/aromatic N) is 2. The van der Waals surface area contributed by atoms with Gasteiger partial charge in [0.2, 0.25) is 11.7 Å². The van der Waals surface area contributed by atoms with Crippen molar-refractivity contribution in [3.8, 4) is 0 Å². The second kappa shape index (κ2) is 6.22. The minimum absolute atomic E-state index is 0.0399. The van der Waals surface area contributed by atoms with Crippen molar-refractivity contribution in [2.24, 2.45) is 0 Å². The van der Waals surface area contributed by atoms with E-state index < -0.39 is 11.6 Å². The number of aromatic nitrogens is 1. The summed E-state index contributed by atoms with van der Waals surface area (Å²) in [6.07, 6.45) is 0.310. The highest BCUT2D eigenvalue weighted by Crippen LogP contribution is 2.31. The molecule has 1 aromatic heterocycles. The molecule has 1 saturated heterocycles. The Morgan fingerprint density at radius 1 is 1.39 bits per heavy atom. The Morgan fingerprint density at radius 3 is 2.52 bits per heavy atom. The van der Waals surface area contributed by atoms with Crippen LogP contribution in [0.2, 0.25) is 0 Å². The predicted octanol–water partition coefficient (Wildman–Crippen LogP) is 3.22. The molecule has 1 N–H and O–H groups in total. The zero-order chi connectivity index (χ0) is 17.4. The van der Waals surface area contributed by atoms with Crippen molar-refractivity contribution in [3.63, 3.8) is 0 Å².